The van der Waals surface area contributed by atoms with Crippen molar-refractivity contribution in [2.75, 3.05) is 0 Å². The Kier molecular flexibility index (Phi) is 2.43. The molecule has 0 saturated heterocycles. The first-order valence-corrected chi connectivity index (χ1v) is 6.22. The summed E-state index contributed by atoms with van der Waals surface area (Å²) in [4.78, 5) is 0. The Hall–Kier alpha value is -0.920. The van der Waals surface area contributed by atoms with Crippen LogP contribution in [0.1, 0.15) is 44.9 Å². The third-order valence-electron chi connectivity index (χ3n) is 3.99. The van der Waals surface area contributed by atoms with Crippen molar-refractivity contribution >= 4 is 11.9 Å². The maximum Gasteiger partial charge on any atom is 0.0837 e. The predicted octanol–water partition coefficient (Wildman–Crippen LogP) is 3.34. The molecular formula is C13H18N2. The molecule has 2 aliphatic carbocycles. The Labute approximate surface area is 91.2 Å². The lowest BCUT2D eigenvalue weighted by Crippen LogP contribution is -2.20. The van der Waals surface area contributed by atoms with Crippen molar-refractivity contribution in [3.63, 3.8) is 0 Å². The summed E-state index contributed by atoms with van der Waals surface area (Å²) in [5, 5.41) is 7.81. The van der Waals surface area contributed by atoms with Gasteiger partial charge in [0.1, 0.15) is 0 Å². The second-order valence-corrected chi connectivity index (χ2v) is 5.06. The van der Waals surface area contributed by atoms with Crippen LogP contribution < -0.4 is 0 Å². The summed E-state index contributed by atoms with van der Waals surface area (Å²) in [6.45, 7) is 0. The van der Waals surface area contributed by atoms with E-state index in [0.717, 1.165) is 18.3 Å². The van der Waals surface area contributed by atoms with Crippen molar-refractivity contribution in [1.29, 1.82) is 0 Å². The van der Waals surface area contributed by atoms with Crippen molar-refractivity contribution in [2.24, 2.45) is 22.0 Å². The summed E-state index contributed by atoms with van der Waals surface area (Å²) in [6, 6.07) is 0. The van der Waals surface area contributed by atoms with Gasteiger partial charge in [0.25, 0.3) is 0 Å². The van der Waals surface area contributed by atoms with Gasteiger partial charge in [0.2, 0.25) is 0 Å². The van der Waals surface area contributed by atoms with Gasteiger partial charge in [0, 0.05) is 0 Å². The second kappa shape index (κ2) is 3.92. The molecule has 15 heavy (non-hydrogen) atoms. The fraction of sp³-hybridized carbons (Fsp3) is 0.692. The van der Waals surface area contributed by atoms with Gasteiger partial charge in [0.05, 0.1) is 11.9 Å². The highest BCUT2D eigenvalue weighted by Crippen LogP contribution is 2.39. The van der Waals surface area contributed by atoms with E-state index in [1.807, 2.05) is 6.21 Å². The monoisotopic (exact) mass is 202 g/mol. The molecule has 3 rings (SSSR count). The van der Waals surface area contributed by atoms with E-state index >= 15 is 0 Å². The first kappa shape index (κ1) is 9.32. The summed E-state index contributed by atoms with van der Waals surface area (Å²) >= 11 is 0. The van der Waals surface area contributed by atoms with Gasteiger partial charge in [0.15, 0.2) is 0 Å². The molecule has 2 heteroatoms. The molecule has 1 saturated carbocycles. The van der Waals surface area contributed by atoms with Crippen LogP contribution in [0, 0.1) is 11.8 Å². The highest BCUT2D eigenvalue weighted by Gasteiger charge is 2.25. The molecule has 3 aliphatic rings. The zero-order valence-electron chi connectivity index (χ0n) is 9.15. The van der Waals surface area contributed by atoms with Crippen LogP contribution in [0.15, 0.2) is 21.9 Å². The molecule has 1 fully saturated rings. The van der Waals surface area contributed by atoms with Crippen LogP contribution in [0.5, 0.6) is 0 Å². The van der Waals surface area contributed by atoms with Crippen molar-refractivity contribution in [3.05, 3.63) is 11.6 Å². The van der Waals surface area contributed by atoms with Crippen LogP contribution in [0.4, 0.5) is 0 Å². The Morgan fingerprint density at radius 1 is 1.20 bits per heavy atom. The van der Waals surface area contributed by atoms with Crippen molar-refractivity contribution in [2.45, 2.75) is 44.9 Å². The molecule has 0 aromatic heterocycles. The molecule has 0 amide bonds. The number of rotatable bonds is 2. The van der Waals surface area contributed by atoms with E-state index in [0.29, 0.717) is 0 Å². The maximum absolute atomic E-state index is 4.02. The van der Waals surface area contributed by atoms with Crippen LogP contribution in [0.2, 0.25) is 0 Å². The van der Waals surface area contributed by atoms with Gasteiger partial charge in [-0.15, -0.1) is 0 Å². The van der Waals surface area contributed by atoms with E-state index in [1.165, 1.54) is 44.2 Å². The summed E-state index contributed by atoms with van der Waals surface area (Å²) in [7, 11) is 0. The third kappa shape index (κ3) is 1.90. The number of allylic oxidation sites excluding steroid dienone is 2. The van der Waals surface area contributed by atoms with E-state index in [9.17, 15) is 0 Å². The van der Waals surface area contributed by atoms with Crippen molar-refractivity contribution < 1.29 is 0 Å². The number of hydrogen-bond donors (Lipinski definition) is 0. The number of nitrogens with zero attached hydrogens (tertiary/aromatic N) is 2. The van der Waals surface area contributed by atoms with Crippen LogP contribution in [-0.2, 0) is 0 Å². The van der Waals surface area contributed by atoms with Gasteiger partial charge >= 0.3 is 0 Å². The summed E-state index contributed by atoms with van der Waals surface area (Å²) in [6.07, 6.45) is 14.0. The minimum Gasteiger partial charge on any atom is -0.157 e. The van der Waals surface area contributed by atoms with Gasteiger partial charge in [-0.25, -0.2) is 0 Å². The Morgan fingerprint density at radius 2 is 2.13 bits per heavy atom. The van der Waals surface area contributed by atoms with Gasteiger partial charge < -0.3 is 0 Å². The maximum atomic E-state index is 4.02. The van der Waals surface area contributed by atoms with Crippen LogP contribution >= 0.6 is 0 Å². The summed E-state index contributed by atoms with van der Waals surface area (Å²) in [5.41, 5.74) is 2.96. The molecule has 0 aromatic rings. The SMILES string of the molecule is C1=NN=C1CC1C=C2CCCCC2CC1. The smallest absolute Gasteiger partial charge is 0.0837 e. The lowest BCUT2D eigenvalue weighted by atomic mass is 9.74. The average molecular weight is 202 g/mol. The highest BCUT2D eigenvalue weighted by atomic mass is 15.3. The Balaban J connectivity index is 1.66. The van der Waals surface area contributed by atoms with Gasteiger partial charge in [-0.3, -0.25) is 0 Å². The molecule has 80 valence electrons. The fourth-order valence-corrected chi connectivity index (χ4v) is 3.12. The summed E-state index contributed by atoms with van der Waals surface area (Å²) in [5.74, 6) is 1.69. The molecular weight excluding hydrogens is 184 g/mol. The fourth-order valence-electron chi connectivity index (χ4n) is 3.12. The molecule has 2 unspecified atom stereocenters. The molecule has 0 spiro atoms. The third-order valence-corrected chi connectivity index (χ3v) is 3.99. The van der Waals surface area contributed by atoms with Gasteiger partial charge in [-0.05, 0) is 50.4 Å². The van der Waals surface area contributed by atoms with Crippen LogP contribution in [0.3, 0.4) is 0 Å². The van der Waals surface area contributed by atoms with E-state index in [-0.39, 0.29) is 0 Å². The van der Waals surface area contributed by atoms with E-state index < -0.39 is 0 Å². The molecule has 1 aliphatic heterocycles. The second-order valence-electron chi connectivity index (χ2n) is 5.06. The van der Waals surface area contributed by atoms with Crippen molar-refractivity contribution in [1.82, 2.24) is 0 Å². The zero-order chi connectivity index (χ0) is 10.1. The topological polar surface area (TPSA) is 24.7 Å². The standard InChI is InChI=1S/C13H18N2/c1-2-4-12-7-10(5-6-11(12)3-1)8-13-9-14-15-13/h7,9-11H,1-6,8H2. The van der Waals surface area contributed by atoms with Crippen molar-refractivity contribution in [3.8, 4) is 0 Å². The van der Waals surface area contributed by atoms with Gasteiger partial charge in [-0.1, -0.05) is 18.1 Å². The van der Waals surface area contributed by atoms with Crippen LogP contribution in [-0.4, -0.2) is 11.9 Å². The molecule has 0 N–H and O–H groups in total. The predicted molar refractivity (Wildman–Crippen MR) is 63.3 cm³/mol. The molecule has 2 nitrogen and oxygen atoms in total. The molecule has 0 bridgehead atoms. The van der Waals surface area contributed by atoms with Crippen LogP contribution in [0.25, 0.3) is 0 Å². The van der Waals surface area contributed by atoms with E-state index in [1.54, 1.807) is 5.57 Å². The van der Waals surface area contributed by atoms with E-state index in [4.69, 9.17) is 0 Å². The Bertz CT molecular complexity index is 338. The highest BCUT2D eigenvalue weighted by molar-refractivity contribution is 6.33. The first-order valence-electron chi connectivity index (χ1n) is 6.22. The quantitative estimate of drug-likeness (QED) is 0.613. The summed E-state index contributed by atoms with van der Waals surface area (Å²) < 4.78 is 0. The minimum atomic E-state index is 0.750. The lowest BCUT2D eigenvalue weighted by Gasteiger charge is -2.32. The molecule has 0 radical (unpaired) electrons. The lowest BCUT2D eigenvalue weighted by molar-refractivity contribution is 0.367. The number of hydrogen-bond acceptors (Lipinski definition) is 2. The number of fused-ring (bicyclic) bond motifs is 1. The molecule has 1 heterocycles. The molecule has 0 aromatic carbocycles. The van der Waals surface area contributed by atoms with Gasteiger partial charge in [-0.2, -0.15) is 10.2 Å². The zero-order valence-corrected chi connectivity index (χ0v) is 9.15. The largest absolute Gasteiger partial charge is 0.157 e. The molecule has 2 atom stereocenters. The minimum absolute atomic E-state index is 0.750. The first-order chi connectivity index (χ1) is 7.42. The van der Waals surface area contributed by atoms with E-state index in [2.05, 4.69) is 16.3 Å². The Morgan fingerprint density at radius 3 is 2.93 bits per heavy atom. The average Bonchev–Trinajstić information content (AvgIpc) is 2.23. The normalized spacial score (nSPS) is 33.9.